The van der Waals surface area contributed by atoms with Gasteiger partial charge in [-0.15, -0.1) is 0 Å². The van der Waals surface area contributed by atoms with Crippen molar-refractivity contribution in [1.29, 1.82) is 0 Å². The van der Waals surface area contributed by atoms with E-state index in [4.69, 9.17) is 25.3 Å². The number of esters is 2. The number of aromatic nitrogens is 2. The summed E-state index contributed by atoms with van der Waals surface area (Å²) in [6.45, 7) is 2.38. The lowest BCUT2D eigenvalue weighted by Gasteiger charge is -2.42. The number of hydrogen-bond donors (Lipinski definition) is 0. The Morgan fingerprint density at radius 3 is 2.22 bits per heavy atom. The molecule has 13 heteroatoms. The molecule has 1 aromatic rings. The van der Waals surface area contributed by atoms with Crippen LogP contribution in [0, 0.1) is 0 Å². The van der Waals surface area contributed by atoms with Gasteiger partial charge in [-0.2, -0.15) is 0 Å². The van der Waals surface area contributed by atoms with Crippen molar-refractivity contribution < 1.29 is 23.8 Å². The van der Waals surface area contributed by atoms with Crippen LogP contribution in [0.1, 0.15) is 20.3 Å². The topological polar surface area (TPSA) is 177 Å². The van der Waals surface area contributed by atoms with E-state index in [-0.39, 0.29) is 13.2 Å². The molecule has 144 valence electrons. The third-order valence-corrected chi connectivity index (χ3v) is 3.87. The van der Waals surface area contributed by atoms with E-state index >= 15 is 0 Å². The van der Waals surface area contributed by atoms with Crippen LogP contribution in [0.25, 0.3) is 20.9 Å². The van der Waals surface area contributed by atoms with Gasteiger partial charge in [0.05, 0.1) is 18.4 Å². The predicted octanol–water partition coefficient (Wildman–Crippen LogP) is 1.85. The van der Waals surface area contributed by atoms with Crippen molar-refractivity contribution >= 4 is 11.9 Å². The van der Waals surface area contributed by atoms with E-state index in [1.165, 1.54) is 20.2 Å². The summed E-state index contributed by atoms with van der Waals surface area (Å²) in [5, 5.41) is 7.29. The highest BCUT2D eigenvalue weighted by molar-refractivity contribution is 5.67. The lowest BCUT2D eigenvalue weighted by atomic mass is 9.84. The zero-order valence-corrected chi connectivity index (χ0v) is 14.7. The second-order valence-electron chi connectivity index (χ2n) is 5.77. The first-order valence-electron chi connectivity index (χ1n) is 7.96. The molecule has 0 amide bonds. The largest absolute Gasteiger partial charge is 0.458 e. The van der Waals surface area contributed by atoms with Gasteiger partial charge in [-0.25, -0.2) is 4.98 Å². The zero-order chi connectivity index (χ0) is 19.8. The van der Waals surface area contributed by atoms with Crippen LogP contribution in [-0.4, -0.2) is 51.9 Å². The lowest BCUT2D eigenvalue weighted by Crippen LogP contribution is -2.58. The summed E-state index contributed by atoms with van der Waals surface area (Å²) >= 11 is 0. The first-order chi connectivity index (χ1) is 13.0. The van der Waals surface area contributed by atoms with Crippen LogP contribution in [0.3, 0.4) is 0 Å². The normalized spacial score (nSPS) is 27.0. The van der Waals surface area contributed by atoms with E-state index in [2.05, 4.69) is 25.0 Å². The van der Waals surface area contributed by atoms with Gasteiger partial charge >= 0.3 is 11.9 Å². The summed E-state index contributed by atoms with van der Waals surface area (Å²) in [6.07, 6.45) is 1.63. The zero-order valence-electron chi connectivity index (χ0n) is 14.7. The van der Waals surface area contributed by atoms with Crippen LogP contribution >= 0.6 is 0 Å². The van der Waals surface area contributed by atoms with Gasteiger partial charge in [0.15, 0.2) is 6.10 Å². The van der Waals surface area contributed by atoms with Crippen LogP contribution in [0.4, 0.5) is 0 Å². The highest BCUT2D eigenvalue weighted by Gasteiger charge is 2.49. The molecule has 0 aliphatic heterocycles. The quantitative estimate of drug-likeness (QED) is 0.302. The molecule has 0 saturated heterocycles. The molecule has 0 N–H and O–H groups in total. The highest BCUT2D eigenvalue weighted by Crippen LogP contribution is 2.32. The molecule has 1 aromatic heterocycles. The number of hydrogen-bond acceptors (Lipinski definition) is 8. The van der Waals surface area contributed by atoms with Crippen molar-refractivity contribution in [2.75, 3.05) is 0 Å². The van der Waals surface area contributed by atoms with Crippen LogP contribution in [0.15, 0.2) is 28.9 Å². The second kappa shape index (κ2) is 9.43. The van der Waals surface area contributed by atoms with Gasteiger partial charge in [-0.1, -0.05) is 10.2 Å². The summed E-state index contributed by atoms with van der Waals surface area (Å²) in [7, 11) is 0. The molecule has 1 aliphatic rings. The van der Waals surface area contributed by atoms with Crippen LogP contribution in [0.2, 0.25) is 0 Å². The molecular formula is C14H18N8O5. The minimum absolute atomic E-state index is 0.0266. The number of rotatable bonds is 7. The molecule has 0 spiro atoms. The number of azide groups is 2. The van der Waals surface area contributed by atoms with E-state index in [1.807, 2.05) is 0 Å². The SMILES string of the molecule is CC(=O)O[C@@H]1[C@@H](OC(C)=O)[C@H](N=[N+]=[N-])C[C@H](N=[N+]=[N-])[C@H]1OCn1ccnc1. The smallest absolute Gasteiger partial charge is 0.303 e. The fourth-order valence-electron chi connectivity index (χ4n) is 2.90. The Kier molecular flexibility index (Phi) is 7.00. The molecule has 0 unspecified atom stereocenters. The van der Waals surface area contributed by atoms with Gasteiger partial charge in [-0.05, 0) is 17.5 Å². The summed E-state index contributed by atoms with van der Waals surface area (Å²) < 4.78 is 18.0. The molecule has 5 atom stereocenters. The fourth-order valence-corrected chi connectivity index (χ4v) is 2.90. The maximum atomic E-state index is 11.6. The summed E-state index contributed by atoms with van der Waals surface area (Å²) in [5.41, 5.74) is 17.7. The minimum Gasteiger partial charge on any atom is -0.458 e. The molecular weight excluding hydrogens is 360 g/mol. The molecule has 1 heterocycles. The Bertz CT molecular complexity index is 756. The average Bonchev–Trinajstić information content (AvgIpc) is 3.10. The minimum atomic E-state index is -1.13. The van der Waals surface area contributed by atoms with Crippen molar-refractivity contribution in [3.8, 4) is 0 Å². The molecule has 1 aliphatic carbocycles. The Labute approximate surface area is 153 Å². The predicted molar refractivity (Wildman–Crippen MR) is 88.7 cm³/mol. The third kappa shape index (κ3) is 5.35. The Hall–Kier alpha value is -3.27. The Balaban J connectivity index is 2.37. The number of ether oxygens (including phenoxy) is 3. The summed E-state index contributed by atoms with van der Waals surface area (Å²) in [4.78, 5) is 32.6. The molecule has 1 saturated carbocycles. The van der Waals surface area contributed by atoms with E-state index in [0.29, 0.717) is 0 Å². The van der Waals surface area contributed by atoms with E-state index < -0.39 is 42.3 Å². The Morgan fingerprint density at radius 2 is 1.70 bits per heavy atom. The number of imidazole rings is 1. The number of nitrogens with zero attached hydrogens (tertiary/aromatic N) is 8. The molecule has 13 nitrogen and oxygen atoms in total. The van der Waals surface area contributed by atoms with Gasteiger partial charge in [0.25, 0.3) is 0 Å². The fraction of sp³-hybridized carbons (Fsp3) is 0.643. The number of carbonyl (C=O) groups is 2. The highest BCUT2D eigenvalue weighted by atomic mass is 16.6. The first kappa shape index (κ1) is 20.0. The van der Waals surface area contributed by atoms with E-state index in [9.17, 15) is 9.59 Å². The van der Waals surface area contributed by atoms with Crippen molar-refractivity contribution in [3.63, 3.8) is 0 Å². The van der Waals surface area contributed by atoms with Crippen molar-refractivity contribution in [2.45, 2.75) is 57.4 Å². The second-order valence-corrected chi connectivity index (χ2v) is 5.77. The van der Waals surface area contributed by atoms with Crippen LogP contribution in [0.5, 0.6) is 0 Å². The van der Waals surface area contributed by atoms with Crippen LogP contribution < -0.4 is 0 Å². The van der Waals surface area contributed by atoms with Crippen LogP contribution in [-0.2, 0) is 30.5 Å². The van der Waals surface area contributed by atoms with Gasteiger partial charge in [0, 0.05) is 36.1 Å². The summed E-state index contributed by atoms with van der Waals surface area (Å²) in [6, 6.07) is -1.71. The average molecular weight is 378 g/mol. The molecule has 0 radical (unpaired) electrons. The third-order valence-electron chi connectivity index (χ3n) is 3.87. The molecule has 1 fully saturated rings. The first-order valence-corrected chi connectivity index (χ1v) is 7.96. The van der Waals surface area contributed by atoms with Crippen molar-refractivity contribution in [1.82, 2.24) is 9.55 Å². The monoisotopic (exact) mass is 378 g/mol. The molecule has 27 heavy (non-hydrogen) atoms. The van der Waals surface area contributed by atoms with Gasteiger partial charge < -0.3 is 18.8 Å². The molecule has 0 aromatic carbocycles. The summed E-state index contributed by atoms with van der Waals surface area (Å²) in [5.74, 6) is -1.31. The van der Waals surface area contributed by atoms with Gasteiger partial charge in [-0.3, -0.25) is 9.59 Å². The van der Waals surface area contributed by atoms with E-state index in [0.717, 1.165) is 0 Å². The molecule has 0 bridgehead atoms. The molecule has 2 rings (SSSR count). The lowest BCUT2D eigenvalue weighted by molar-refractivity contribution is -0.194. The Morgan fingerprint density at radius 1 is 1.11 bits per heavy atom. The van der Waals surface area contributed by atoms with Crippen molar-refractivity contribution in [3.05, 3.63) is 39.6 Å². The van der Waals surface area contributed by atoms with Gasteiger partial charge in [0.2, 0.25) is 0 Å². The maximum absolute atomic E-state index is 11.6. The maximum Gasteiger partial charge on any atom is 0.303 e. The van der Waals surface area contributed by atoms with Crippen molar-refractivity contribution in [2.24, 2.45) is 10.2 Å². The van der Waals surface area contributed by atoms with E-state index in [1.54, 1.807) is 17.0 Å². The van der Waals surface area contributed by atoms with Gasteiger partial charge in [0.1, 0.15) is 18.9 Å². The number of carbonyl (C=O) groups excluding carboxylic acids is 2. The standard InChI is InChI=1S/C14H18N8O5/c1-8(23)26-13-11(19-21-16)5-10(18-20-15)12(14(13)27-9(2)24)25-7-22-4-3-17-6-22/h3-4,6,10-14H,5,7H2,1-2H3/t10-,11+,12+,13-,14-/m0/s1.